The summed E-state index contributed by atoms with van der Waals surface area (Å²) in [6.07, 6.45) is 2.41. The second-order valence-corrected chi connectivity index (χ2v) is 3.86. The molecular formula is C10H23BN2. The van der Waals surface area contributed by atoms with Crippen LogP contribution in [0.1, 0.15) is 33.6 Å². The number of nitrogens with one attached hydrogen (secondary N) is 2. The molecule has 0 rings (SSSR count). The maximum Gasteiger partial charge on any atom is 0.159 e. The minimum Gasteiger partial charge on any atom is -0.395 e. The highest BCUT2D eigenvalue weighted by Crippen LogP contribution is 2.01. The molecule has 2 atom stereocenters. The Morgan fingerprint density at radius 2 is 1.85 bits per heavy atom. The molecular weight excluding hydrogens is 159 g/mol. The van der Waals surface area contributed by atoms with Gasteiger partial charge in [0, 0.05) is 12.1 Å². The molecule has 2 N–H and O–H groups in total. The van der Waals surface area contributed by atoms with E-state index in [2.05, 4.69) is 38.0 Å². The normalized spacial score (nSPS) is 15.0. The average Bonchev–Trinajstić information content (AvgIpc) is 2.00. The van der Waals surface area contributed by atoms with Crippen LogP contribution < -0.4 is 10.6 Å². The van der Waals surface area contributed by atoms with Gasteiger partial charge < -0.3 is 10.6 Å². The van der Waals surface area contributed by atoms with E-state index < -0.39 is 0 Å². The minimum absolute atomic E-state index is 0.540. The summed E-state index contributed by atoms with van der Waals surface area (Å²) in [6, 6.07) is 1.16. The molecule has 0 aliphatic heterocycles. The van der Waals surface area contributed by atoms with Gasteiger partial charge in [-0.25, -0.2) is 0 Å². The van der Waals surface area contributed by atoms with E-state index in [1.807, 2.05) is 7.85 Å². The van der Waals surface area contributed by atoms with E-state index in [0.717, 1.165) is 12.1 Å². The van der Waals surface area contributed by atoms with Crippen molar-refractivity contribution in [1.29, 1.82) is 0 Å². The Hall–Kier alpha value is -0.435. The Labute approximate surface area is 83.6 Å². The van der Waals surface area contributed by atoms with Gasteiger partial charge in [-0.05, 0) is 38.8 Å². The van der Waals surface area contributed by atoms with Crippen molar-refractivity contribution in [2.45, 2.75) is 45.7 Å². The van der Waals surface area contributed by atoms with E-state index in [1.54, 1.807) is 0 Å². The Kier molecular flexibility index (Phi) is 6.78. The van der Waals surface area contributed by atoms with Gasteiger partial charge in [0.1, 0.15) is 0 Å². The van der Waals surface area contributed by atoms with Crippen LogP contribution in [0.25, 0.3) is 0 Å². The van der Waals surface area contributed by atoms with Gasteiger partial charge in [0.2, 0.25) is 0 Å². The number of hydrogen-bond donors (Lipinski definition) is 2. The molecule has 76 valence electrons. The first kappa shape index (κ1) is 12.6. The van der Waals surface area contributed by atoms with Gasteiger partial charge in [0.15, 0.2) is 7.85 Å². The van der Waals surface area contributed by atoms with Crippen LogP contribution in [-0.4, -0.2) is 26.5 Å². The van der Waals surface area contributed by atoms with Crippen LogP contribution in [0.5, 0.6) is 0 Å². The van der Waals surface area contributed by atoms with E-state index in [-0.39, 0.29) is 0 Å². The zero-order chi connectivity index (χ0) is 10.3. The Morgan fingerprint density at radius 1 is 1.31 bits per heavy atom. The van der Waals surface area contributed by atoms with E-state index in [4.69, 9.17) is 0 Å². The molecule has 0 aromatic rings. The average molecular weight is 182 g/mol. The Morgan fingerprint density at radius 3 is 2.31 bits per heavy atom. The molecule has 0 aromatic heterocycles. The minimum atomic E-state index is 0.540. The Balaban J connectivity index is 3.45. The zero-order valence-electron chi connectivity index (χ0n) is 9.48. The third-order valence-corrected chi connectivity index (χ3v) is 2.08. The molecule has 0 aromatic carbocycles. The second-order valence-electron chi connectivity index (χ2n) is 3.86. The van der Waals surface area contributed by atoms with Gasteiger partial charge in [-0.2, -0.15) is 0 Å². The van der Waals surface area contributed by atoms with Crippen LogP contribution in [0, 0.1) is 0 Å². The summed E-state index contributed by atoms with van der Waals surface area (Å²) < 4.78 is 0. The molecule has 0 bridgehead atoms. The highest BCUT2D eigenvalue weighted by molar-refractivity contribution is 6.20. The van der Waals surface area contributed by atoms with Gasteiger partial charge in [0.25, 0.3) is 0 Å². The lowest BCUT2D eigenvalue weighted by atomic mass is 10.0. The predicted molar refractivity (Wildman–Crippen MR) is 62.7 cm³/mol. The lowest BCUT2D eigenvalue weighted by Crippen LogP contribution is -2.30. The second kappa shape index (κ2) is 7.02. The highest BCUT2D eigenvalue weighted by Gasteiger charge is 2.04. The first-order chi connectivity index (χ1) is 6.06. The first-order valence-corrected chi connectivity index (χ1v) is 5.21. The maximum atomic E-state index is 3.83. The van der Waals surface area contributed by atoms with Crippen molar-refractivity contribution < 1.29 is 0 Å². The molecule has 0 amide bonds. The number of rotatable bonds is 7. The molecule has 3 heteroatoms. The Bertz CT molecular complexity index is 148. The van der Waals surface area contributed by atoms with Crippen molar-refractivity contribution in [3.8, 4) is 0 Å². The van der Waals surface area contributed by atoms with E-state index in [1.165, 1.54) is 12.8 Å². The monoisotopic (exact) mass is 182 g/mol. The zero-order valence-corrected chi connectivity index (χ0v) is 9.48. The van der Waals surface area contributed by atoms with Gasteiger partial charge in [-0.1, -0.05) is 13.5 Å². The summed E-state index contributed by atoms with van der Waals surface area (Å²) in [6.45, 7) is 11.5. The molecule has 2 nitrogen and oxygen atoms in total. The summed E-state index contributed by atoms with van der Waals surface area (Å²) in [5.74, 6) is 0. The summed E-state index contributed by atoms with van der Waals surface area (Å²) >= 11 is 0. The molecule has 0 saturated heterocycles. The van der Waals surface area contributed by atoms with Crippen molar-refractivity contribution in [1.82, 2.24) is 10.6 Å². The summed E-state index contributed by atoms with van der Waals surface area (Å²) in [7, 11) is 2.00. The summed E-state index contributed by atoms with van der Waals surface area (Å²) in [4.78, 5) is 0. The fourth-order valence-corrected chi connectivity index (χ4v) is 1.44. The standard InChI is InChI=1S/C10H23BN2/c1-5-12-8(2)6-7-9(3)13-10(4)11/h8-9,12-13H,4-7,11H2,1-3H3. The van der Waals surface area contributed by atoms with Gasteiger partial charge in [-0.3, -0.25) is 0 Å². The predicted octanol–water partition coefficient (Wildman–Crippen LogP) is 0.847. The highest BCUT2D eigenvalue weighted by atomic mass is 14.9. The van der Waals surface area contributed by atoms with Gasteiger partial charge >= 0.3 is 0 Å². The van der Waals surface area contributed by atoms with Crippen LogP contribution >= 0.6 is 0 Å². The van der Waals surface area contributed by atoms with Crippen molar-refractivity contribution in [2.75, 3.05) is 6.54 Å². The van der Waals surface area contributed by atoms with Gasteiger partial charge in [0.05, 0.1) is 0 Å². The molecule has 0 aliphatic carbocycles. The molecule has 0 fully saturated rings. The molecule has 13 heavy (non-hydrogen) atoms. The van der Waals surface area contributed by atoms with Crippen LogP contribution in [-0.2, 0) is 0 Å². The number of hydrogen-bond acceptors (Lipinski definition) is 2. The third-order valence-electron chi connectivity index (χ3n) is 2.08. The molecule has 2 unspecified atom stereocenters. The fraction of sp³-hybridized carbons (Fsp3) is 0.800. The summed E-state index contributed by atoms with van der Waals surface area (Å²) in [5, 5.41) is 6.72. The van der Waals surface area contributed by atoms with E-state index in [9.17, 15) is 0 Å². The van der Waals surface area contributed by atoms with E-state index in [0.29, 0.717) is 12.1 Å². The molecule has 0 spiro atoms. The van der Waals surface area contributed by atoms with Crippen LogP contribution in [0.4, 0.5) is 0 Å². The van der Waals surface area contributed by atoms with Crippen molar-refractivity contribution in [3.05, 3.63) is 12.2 Å². The maximum absolute atomic E-state index is 3.83. The third kappa shape index (κ3) is 7.91. The topological polar surface area (TPSA) is 24.1 Å². The van der Waals surface area contributed by atoms with Crippen molar-refractivity contribution >= 4 is 7.85 Å². The lowest BCUT2D eigenvalue weighted by Gasteiger charge is -2.18. The largest absolute Gasteiger partial charge is 0.395 e. The van der Waals surface area contributed by atoms with Crippen LogP contribution in [0.15, 0.2) is 12.2 Å². The molecule has 0 saturated carbocycles. The fourth-order valence-electron chi connectivity index (χ4n) is 1.44. The lowest BCUT2D eigenvalue weighted by molar-refractivity contribution is 0.465. The van der Waals surface area contributed by atoms with Crippen molar-refractivity contribution in [3.63, 3.8) is 0 Å². The SMILES string of the molecule is BC(=C)NC(C)CCC(C)NCC. The first-order valence-electron chi connectivity index (χ1n) is 5.21. The summed E-state index contributed by atoms with van der Waals surface area (Å²) in [5.41, 5.74) is 1.06. The van der Waals surface area contributed by atoms with Crippen LogP contribution in [0.2, 0.25) is 0 Å². The molecule has 0 heterocycles. The molecule has 0 radical (unpaired) electrons. The molecule has 0 aliphatic rings. The van der Waals surface area contributed by atoms with E-state index >= 15 is 0 Å². The van der Waals surface area contributed by atoms with Crippen molar-refractivity contribution in [2.24, 2.45) is 0 Å². The van der Waals surface area contributed by atoms with Gasteiger partial charge in [-0.15, -0.1) is 0 Å². The van der Waals surface area contributed by atoms with Crippen LogP contribution in [0.3, 0.4) is 0 Å². The smallest absolute Gasteiger partial charge is 0.159 e. The quantitative estimate of drug-likeness (QED) is 0.570.